The van der Waals surface area contributed by atoms with Gasteiger partial charge in [-0.15, -0.1) is 5.92 Å². The van der Waals surface area contributed by atoms with E-state index in [4.69, 9.17) is 0 Å². The van der Waals surface area contributed by atoms with E-state index < -0.39 is 17.7 Å². The van der Waals surface area contributed by atoms with E-state index in [2.05, 4.69) is 28.8 Å². The fraction of sp³-hybridized carbons (Fsp3) is 0.714. The maximum Gasteiger partial charge on any atom is 0.152 e. The van der Waals surface area contributed by atoms with Gasteiger partial charge in [-0.3, -0.25) is 4.39 Å². The second kappa shape index (κ2) is 6.67. The first-order valence-corrected chi connectivity index (χ1v) is 6.56. The molecule has 0 spiro atoms. The number of aliphatic hydroxyl groups is 1. The summed E-state index contributed by atoms with van der Waals surface area (Å²) in [5.41, 5.74) is -2.42. The highest BCUT2D eigenvalue weighted by Crippen LogP contribution is 2.32. The zero-order valence-corrected chi connectivity index (χ0v) is 11.9. The number of nitrogens with zero attached hydrogens (tertiary/aromatic N) is 3. The molecule has 0 aromatic carbocycles. The molecule has 0 fully saturated rings. The van der Waals surface area contributed by atoms with Crippen LogP contribution >= 0.6 is 0 Å². The molecule has 0 bridgehead atoms. The van der Waals surface area contributed by atoms with E-state index in [-0.39, 0.29) is 6.54 Å². The summed E-state index contributed by atoms with van der Waals surface area (Å²) in [6, 6.07) is 0. The van der Waals surface area contributed by atoms with E-state index >= 15 is 0 Å². The fourth-order valence-corrected chi connectivity index (χ4v) is 1.56. The molecule has 1 aromatic rings. The molecule has 0 aliphatic carbocycles. The Balaban J connectivity index is 2.92. The fourth-order valence-electron chi connectivity index (χ4n) is 1.56. The zero-order chi connectivity index (χ0) is 14.4. The molecule has 0 aliphatic rings. The van der Waals surface area contributed by atoms with Gasteiger partial charge in [0.25, 0.3) is 0 Å². The third kappa shape index (κ3) is 4.03. The maximum atomic E-state index is 13.2. The van der Waals surface area contributed by atoms with Crippen LogP contribution in [-0.2, 0) is 6.54 Å². The SMILES string of the molecule is CCCCC#CC(O)(Cn1cncn1)C(C)(C)CF. The Labute approximate surface area is 114 Å². The van der Waals surface area contributed by atoms with Crippen LogP contribution in [0.3, 0.4) is 0 Å². The van der Waals surface area contributed by atoms with Crippen LogP contribution in [0.15, 0.2) is 12.7 Å². The van der Waals surface area contributed by atoms with E-state index in [1.807, 2.05) is 0 Å². The van der Waals surface area contributed by atoms with Crippen molar-refractivity contribution in [2.45, 2.75) is 52.2 Å². The van der Waals surface area contributed by atoms with Gasteiger partial charge in [-0.05, 0) is 6.42 Å². The van der Waals surface area contributed by atoms with Crippen LogP contribution in [0.2, 0.25) is 0 Å². The number of aromatic nitrogens is 3. The Morgan fingerprint density at radius 3 is 2.68 bits per heavy atom. The Morgan fingerprint density at radius 2 is 2.16 bits per heavy atom. The van der Waals surface area contributed by atoms with Gasteiger partial charge in [0.2, 0.25) is 0 Å². The van der Waals surface area contributed by atoms with E-state index in [0.29, 0.717) is 6.42 Å². The molecule has 1 aromatic heterocycles. The first kappa shape index (κ1) is 15.6. The lowest BCUT2D eigenvalue weighted by atomic mass is 9.76. The lowest BCUT2D eigenvalue weighted by Crippen LogP contribution is -2.48. The second-order valence-corrected chi connectivity index (χ2v) is 5.38. The summed E-state index contributed by atoms with van der Waals surface area (Å²) in [4.78, 5) is 3.82. The summed E-state index contributed by atoms with van der Waals surface area (Å²) in [6.07, 6.45) is 5.60. The predicted molar refractivity (Wildman–Crippen MR) is 72.0 cm³/mol. The summed E-state index contributed by atoms with van der Waals surface area (Å²) < 4.78 is 14.7. The third-order valence-corrected chi connectivity index (χ3v) is 3.26. The molecule has 106 valence electrons. The molecule has 4 nitrogen and oxygen atoms in total. The Morgan fingerprint density at radius 1 is 1.42 bits per heavy atom. The van der Waals surface area contributed by atoms with E-state index in [0.717, 1.165) is 12.8 Å². The van der Waals surface area contributed by atoms with Crippen LogP contribution in [0.5, 0.6) is 0 Å². The van der Waals surface area contributed by atoms with E-state index in [1.54, 1.807) is 13.8 Å². The van der Waals surface area contributed by atoms with Gasteiger partial charge < -0.3 is 5.11 Å². The molecule has 1 N–H and O–H groups in total. The van der Waals surface area contributed by atoms with Gasteiger partial charge >= 0.3 is 0 Å². The van der Waals surface area contributed by atoms with Crippen LogP contribution in [0.4, 0.5) is 4.39 Å². The number of hydrogen-bond acceptors (Lipinski definition) is 3. The predicted octanol–water partition coefficient (Wildman–Crippen LogP) is 2.20. The largest absolute Gasteiger partial charge is 0.375 e. The number of hydrogen-bond donors (Lipinski definition) is 1. The van der Waals surface area contributed by atoms with Crippen molar-refractivity contribution in [3.63, 3.8) is 0 Å². The summed E-state index contributed by atoms with van der Waals surface area (Å²) in [7, 11) is 0. The molecule has 5 heteroatoms. The summed E-state index contributed by atoms with van der Waals surface area (Å²) in [5, 5.41) is 14.7. The molecule has 0 saturated carbocycles. The van der Waals surface area contributed by atoms with Crippen molar-refractivity contribution >= 4 is 0 Å². The minimum Gasteiger partial charge on any atom is -0.375 e. The molecular weight excluding hydrogens is 245 g/mol. The quantitative estimate of drug-likeness (QED) is 0.635. The smallest absolute Gasteiger partial charge is 0.152 e. The van der Waals surface area contributed by atoms with Crippen molar-refractivity contribution in [3.8, 4) is 11.8 Å². The van der Waals surface area contributed by atoms with Gasteiger partial charge in [-0.2, -0.15) is 5.10 Å². The number of halogens is 1. The number of alkyl halides is 1. The molecule has 1 rings (SSSR count). The monoisotopic (exact) mass is 267 g/mol. The van der Waals surface area contributed by atoms with Crippen LogP contribution < -0.4 is 0 Å². The highest BCUT2D eigenvalue weighted by molar-refractivity contribution is 5.18. The standard InChI is InChI=1S/C14H22FN3O/c1-4-5-6-7-8-14(19,13(2,3)9-15)10-18-12-16-11-17-18/h11-12,19H,4-6,9-10H2,1-3H3. The summed E-state index contributed by atoms with van der Waals surface area (Å²) in [5.74, 6) is 5.79. The normalized spacial score (nSPS) is 14.6. The molecule has 1 atom stereocenters. The van der Waals surface area contributed by atoms with Crippen molar-refractivity contribution in [1.82, 2.24) is 14.8 Å². The topological polar surface area (TPSA) is 50.9 Å². The minimum atomic E-state index is -1.46. The highest BCUT2D eigenvalue weighted by atomic mass is 19.1. The summed E-state index contributed by atoms with van der Waals surface area (Å²) >= 11 is 0. The molecule has 19 heavy (non-hydrogen) atoms. The molecule has 1 heterocycles. The first-order chi connectivity index (χ1) is 8.95. The number of unbranched alkanes of at least 4 members (excludes halogenated alkanes) is 2. The molecule has 0 aliphatic heterocycles. The molecule has 0 radical (unpaired) electrons. The maximum absolute atomic E-state index is 13.2. The van der Waals surface area contributed by atoms with Crippen molar-refractivity contribution < 1.29 is 9.50 Å². The van der Waals surface area contributed by atoms with Crippen molar-refractivity contribution in [2.75, 3.05) is 6.67 Å². The van der Waals surface area contributed by atoms with Gasteiger partial charge in [-0.1, -0.05) is 33.1 Å². The van der Waals surface area contributed by atoms with Crippen LogP contribution in [0, 0.1) is 17.3 Å². The zero-order valence-electron chi connectivity index (χ0n) is 11.9. The van der Waals surface area contributed by atoms with Gasteiger partial charge in [0.05, 0.1) is 13.2 Å². The lowest BCUT2D eigenvalue weighted by Gasteiger charge is -2.36. The van der Waals surface area contributed by atoms with Gasteiger partial charge in [0.1, 0.15) is 12.7 Å². The van der Waals surface area contributed by atoms with E-state index in [9.17, 15) is 9.50 Å². The van der Waals surface area contributed by atoms with Crippen LogP contribution in [0.25, 0.3) is 0 Å². The molecular formula is C14H22FN3O. The van der Waals surface area contributed by atoms with Gasteiger partial charge in [-0.25, -0.2) is 9.67 Å². The van der Waals surface area contributed by atoms with Gasteiger partial charge in [0.15, 0.2) is 5.60 Å². The minimum absolute atomic E-state index is 0.114. The Kier molecular flexibility index (Phi) is 5.49. The van der Waals surface area contributed by atoms with Crippen LogP contribution in [0.1, 0.15) is 40.0 Å². The van der Waals surface area contributed by atoms with Crippen molar-refractivity contribution in [1.29, 1.82) is 0 Å². The number of rotatable bonds is 6. The molecule has 0 amide bonds. The van der Waals surface area contributed by atoms with Crippen molar-refractivity contribution in [2.24, 2.45) is 5.41 Å². The van der Waals surface area contributed by atoms with Crippen molar-refractivity contribution in [3.05, 3.63) is 12.7 Å². The lowest BCUT2D eigenvalue weighted by molar-refractivity contribution is -0.0436. The molecule has 0 saturated heterocycles. The summed E-state index contributed by atoms with van der Waals surface area (Å²) in [6.45, 7) is 4.87. The second-order valence-electron chi connectivity index (χ2n) is 5.38. The van der Waals surface area contributed by atoms with Crippen LogP contribution in [-0.4, -0.2) is 32.1 Å². The average molecular weight is 267 g/mol. The third-order valence-electron chi connectivity index (χ3n) is 3.26. The Bertz CT molecular complexity index is 433. The Hall–Kier alpha value is -1.41. The molecule has 1 unspecified atom stereocenters. The average Bonchev–Trinajstić information content (AvgIpc) is 2.87. The first-order valence-electron chi connectivity index (χ1n) is 6.56. The van der Waals surface area contributed by atoms with E-state index in [1.165, 1.54) is 17.3 Å². The highest BCUT2D eigenvalue weighted by Gasteiger charge is 2.43. The van der Waals surface area contributed by atoms with Gasteiger partial charge in [0, 0.05) is 11.8 Å².